The fourth-order valence-electron chi connectivity index (χ4n) is 5.25. The number of rotatable bonds is 2. The fraction of sp³-hybridized carbons (Fsp3) is 0.0333. The molecular formula is C30H21N3. The third kappa shape index (κ3) is 2.60. The lowest BCUT2D eigenvalue weighted by atomic mass is 10.2. The number of aryl methyl sites for hydroxylation is 1. The molecular weight excluding hydrogens is 402 g/mol. The monoisotopic (exact) mass is 423 g/mol. The van der Waals surface area contributed by atoms with E-state index in [0.29, 0.717) is 0 Å². The lowest BCUT2D eigenvalue weighted by Gasteiger charge is -2.13. The first-order chi connectivity index (χ1) is 16.3. The van der Waals surface area contributed by atoms with Gasteiger partial charge >= 0.3 is 0 Å². The van der Waals surface area contributed by atoms with Gasteiger partial charge in [0.2, 0.25) is 0 Å². The van der Waals surface area contributed by atoms with E-state index in [1.165, 1.54) is 43.6 Å². The Hall–Kier alpha value is -4.37. The van der Waals surface area contributed by atoms with Gasteiger partial charge < -0.3 is 4.57 Å². The molecule has 0 unspecified atom stereocenters. The second-order valence-electron chi connectivity index (χ2n) is 8.56. The van der Waals surface area contributed by atoms with E-state index in [1.54, 1.807) is 0 Å². The summed E-state index contributed by atoms with van der Waals surface area (Å²) in [5, 5.41) is 5.02. The maximum Gasteiger partial charge on any atom is 0.139 e. The molecule has 4 aromatic carbocycles. The molecule has 3 aromatic heterocycles. The number of aromatic nitrogens is 3. The summed E-state index contributed by atoms with van der Waals surface area (Å²) in [6.07, 6.45) is 0. The Morgan fingerprint density at radius 2 is 0.879 bits per heavy atom. The Morgan fingerprint density at radius 3 is 1.33 bits per heavy atom. The molecule has 3 heterocycles. The normalized spacial score (nSPS) is 11.8. The van der Waals surface area contributed by atoms with E-state index in [4.69, 9.17) is 4.98 Å². The van der Waals surface area contributed by atoms with Gasteiger partial charge in [0.15, 0.2) is 0 Å². The first kappa shape index (κ1) is 18.2. The molecule has 0 radical (unpaired) electrons. The zero-order valence-electron chi connectivity index (χ0n) is 18.2. The largest absolute Gasteiger partial charge is 0.309 e. The molecule has 0 amide bonds. The number of nitrogens with zero attached hydrogens (tertiary/aromatic N) is 3. The molecule has 0 atom stereocenters. The Kier molecular flexibility index (Phi) is 3.76. The van der Waals surface area contributed by atoms with Gasteiger partial charge in [-0.25, -0.2) is 4.98 Å². The maximum atomic E-state index is 5.00. The van der Waals surface area contributed by atoms with E-state index in [0.717, 1.165) is 17.2 Å². The molecule has 7 aromatic rings. The molecule has 0 spiro atoms. The summed E-state index contributed by atoms with van der Waals surface area (Å²) in [4.78, 5) is 5.00. The number of fused-ring (bicyclic) bond motifs is 6. The van der Waals surface area contributed by atoms with Crippen LogP contribution in [0.4, 0.5) is 0 Å². The Balaban J connectivity index is 1.58. The highest BCUT2D eigenvalue weighted by Crippen LogP contribution is 2.34. The van der Waals surface area contributed by atoms with Gasteiger partial charge in [-0.15, -0.1) is 0 Å². The number of benzene rings is 4. The first-order valence-electron chi connectivity index (χ1n) is 11.3. The van der Waals surface area contributed by atoms with Crippen LogP contribution in [0.2, 0.25) is 0 Å². The predicted molar refractivity (Wildman–Crippen MR) is 138 cm³/mol. The van der Waals surface area contributed by atoms with Gasteiger partial charge in [0.1, 0.15) is 5.82 Å². The van der Waals surface area contributed by atoms with Crippen LogP contribution in [0.3, 0.4) is 0 Å². The molecule has 0 aliphatic carbocycles. The van der Waals surface area contributed by atoms with Crippen molar-refractivity contribution in [1.82, 2.24) is 14.1 Å². The second kappa shape index (κ2) is 6.81. The molecule has 0 saturated heterocycles. The third-order valence-electron chi connectivity index (χ3n) is 6.57. The topological polar surface area (TPSA) is 22.8 Å². The van der Waals surface area contributed by atoms with Crippen LogP contribution in [-0.4, -0.2) is 14.1 Å². The van der Waals surface area contributed by atoms with E-state index in [-0.39, 0.29) is 0 Å². The number of hydrogen-bond donors (Lipinski definition) is 0. The summed E-state index contributed by atoms with van der Waals surface area (Å²) in [5.41, 5.74) is 6.87. The van der Waals surface area contributed by atoms with Crippen LogP contribution in [0.5, 0.6) is 0 Å². The van der Waals surface area contributed by atoms with Gasteiger partial charge in [-0.1, -0.05) is 72.8 Å². The second-order valence-corrected chi connectivity index (χ2v) is 8.56. The smallest absolute Gasteiger partial charge is 0.139 e. The molecule has 3 heteroatoms. The molecule has 0 saturated carbocycles. The summed E-state index contributed by atoms with van der Waals surface area (Å²) >= 11 is 0. The van der Waals surface area contributed by atoms with Gasteiger partial charge in [0, 0.05) is 33.3 Å². The summed E-state index contributed by atoms with van der Waals surface area (Å²) in [7, 11) is 0. The highest BCUT2D eigenvalue weighted by Gasteiger charge is 2.16. The van der Waals surface area contributed by atoms with Crippen LogP contribution in [0, 0.1) is 6.92 Å². The van der Waals surface area contributed by atoms with Crippen LogP contribution >= 0.6 is 0 Å². The van der Waals surface area contributed by atoms with Crippen LogP contribution in [0.1, 0.15) is 5.69 Å². The highest BCUT2D eigenvalue weighted by atomic mass is 15.1. The van der Waals surface area contributed by atoms with Crippen molar-refractivity contribution < 1.29 is 0 Å². The summed E-state index contributed by atoms with van der Waals surface area (Å²) < 4.78 is 4.64. The van der Waals surface area contributed by atoms with Crippen LogP contribution in [-0.2, 0) is 0 Å². The third-order valence-corrected chi connectivity index (χ3v) is 6.57. The van der Waals surface area contributed by atoms with Crippen molar-refractivity contribution in [2.75, 3.05) is 0 Å². The van der Waals surface area contributed by atoms with E-state index >= 15 is 0 Å². The van der Waals surface area contributed by atoms with Gasteiger partial charge in [-0.2, -0.15) is 0 Å². The first-order valence-corrected chi connectivity index (χ1v) is 11.3. The summed E-state index contributed by atoms with van der Waals surface area (Å²) in [6.45, 7) is 2.08. The van der Waals surface area contributed by atoms with Gasteiger partial charge in [0.05, 0.1) is 27.8 Å². The Bertz CT molecular complexity index is 1600. The van der Waals surface area contributed by atoms with Crippen molar-refractivity contribution in [1.29, 1.82) is 0 Å². The quantitative estimate of drug-likeness (QED) is 0.281. The minimum atomic E-state index is 0.935. The molecule has 0 aliphatic rings. The molecule has 0 fully saturated rings. The van der Waals surface area contributed by atoms with Crippen molar-refractivity contribution in [2.24, 2.45) is 0 Å². The number of para-hydroxylation sites is 4. The summed E-state index contributed by atoms with van der Waals surface area (Å²) in [6, 6.07) is 38.8. The Morgan fingerprint density at radius 1 is 0.485 bits per heavy atom. The molecule has 3 nitrogen and oxygen atoms in total. The van der Waals surface area contributed by atoms with Gasteiger partial charge in [-0.05, 0) is 37.3 Å². The predicted octanol–water partition coefficient (Wildman–Crippen LogP) is 7.58. The lowest BCUT2D eigenvalue weighted by molar-refractivity contribution is 1.03. The molecule has 0 N–H and O–H groups in total. The maximum absolute atomic E-state index is 5.00. The average molecular weight is 424 g/mol. The number of pyridine rings is 1. The van der Waals surface area contributed by atoms with Crippen molar-refractivity contribution >= 4 is 43.6 Å². The number of hydrogen-bond acceptors (Lipinski definition) is 1. The zero-order valence-corrected chi connectivity index (χ0v) is 18.2. The summed E-state index contributed by atoms with van der Waals surface area (Å²) in [5.74, 6) is 0.935. The van der Waals surface area contributed by atoms with Crippen molar-refractivity contribution in [3.05, 3.63) is 115 Å². The highest BCUT2D eigenvalue weighted by molar-refractivity contribution is 6.10. The van der Waals surface area contributed by atoms with E-state index in [1.807, 2.05) is 0 Å². The van der Waals surface area contributed by atoms with E-state index in [9.17, 15) is 0 Å². The minimum absolute atomic E-state index is 0.935. The van der Waals surface area contributed by atoms with Crippen molar-refractivity contribution in [3.8, 4) is 11.5 Å². The SMILES string of the molecule is Cc1cc(-n2c3ccccc3c3ccccc32)cc(-n2c3ccccc3c3ccccc32)n1. The lowest BCUT2D eigenvalue weighted by Crippen LogP contribution is -2.03. The molecule has 156 valence electrons. The zero-order chi connectivity index (χ0) is 21.9. The standard InChI is InChI=1S/C30H21N3/c1-20-18-21(32-26-14-6-2-10-22(26)23-11-3-7-15-27(23)32)19-30(31-20)33-28-16-8-4-12-24(28)25-13-5-9-17-29(25)33/h2-19H,1H3. The van der Waals surface area contributed by atoms with Gasteiger partial charge in [-0.3, -0.25) is 4.57 Å². The van der Waals surface area contributed by atoms with Gasteiger partial charge in [0.25, 0.3) is 0 Å². The van der Waals surface area contributed by atoms with E-state index in [2.05, 4.69) is 125 Å². The molecule has 33 heavy (non-hydrogen) atoms. The van der Waals surface area contributed by atoms with Crippen LogP contribution < -0.4 is 0 Å². The van der Waals surface area contributed by atoms with Crippen LogP contribution in [0.15, 0.2) is 109 Å². The Labute approximate surface area is 191 Å². The van der Waals surface area contributed by atoms with Crippen molar-refractivity contribution in [3.63, 3.8) is 0 Å². The van der Waals surface area contributed by atoms with E-state index < -0.39 is 0 Å². The van der Waals surface area contributed by atoms with Crippen molar-refractivity contribution in [2.45, 2.75) is 6.92 Å². The molecule has 0 aliphatic heterocycles. The molecule has 7 rings (SSSR count). The minimum Gasteiger partial charge on any atom is -0.309 e. The van der Waals surface area contributed by atoms with Crippen LogP contribution in [0.25, 0.3) is 55.1 Å². The fourth-order valence-corrected chi connectivity index (χ4v) is 5.25. The molecule has 0 bridgehead atoms. The average Bonchev–Trinajstić information content (AvgIpc) is 3.37.